The summed E-state index contributed by atoms with van der Waals surface area (Å²) in [7, 11) is 1.56. The Labute approximate surface area is 122 Å². The van der Waals surface area contributed by atoms with Crippen molar-refractivity contribution < 1.29 is 14.9 Å². The first kappa shape index (κ1) is 14.5. The molecule has 0 radical (unpaired) electrons. The summed E-state index contributed by atoms with van der Waals surface area (Å²) in [6, 6.07) is 10.7. The third-order valence-electron chi connectivity index (χ3n) is 3.00. The van der Waals surface area contributed by atoms with Crippen LogP contribution in [0.25, 0.3) is 0 Å². The number of hydrogen-bond acceptors (Lipinski definition) is 4. The Kier molecular flexibility index (Phi) is 4.71. The van der Waals surface area contributed by atoms with Crippen LogP contribution in [0, 0.1) is 0 Å². The molecule has 3 N–H and O–H groups in total. The van der Waals surface area contributed by atoms with Crippen LogP contribution in [0.1, 0.15) is 11.1 Å². The Hall–Kier alpha value is -1.91. The van der Waals surface area contributed by atoms with Gasteiger partial charge in [0, 0.05) is 23.4 Å². The minimum absolute atomic E-state index is 0.0811. The van der Waals surface area contributed by atoms with Gasteiger partial charge in [0.05, 0.1) is 18.7 Å². The number of hydrogen-bond donors (Lipinski definition) is 3. The summed E-state index contributed by atoms with van der Waals surface area (Å²) in [5, 5.41) is 22.6. The van der Waals surface area contributed by atoms with Gasteiger partial charge < -0.3 is 20.3 Å². The maximum atomic E-state index is 9.83. The third-order valence-corrected chi connectivity index (χ3v) is 3.31. The van der Waals surface area contributed by atoms with Crippen LogP contribution >= 0.6 is 11.6 Å². The lowest BCUT2D eigenvalue weighted by Gasteiger charge is -2.12. The fourth-order valence-electron chi connectivity index (χ4n) is 1.91. The lowest BCUT2D eigenvalue weighted by molar-refractivity contribution is 0.274. The average Bonchev–Trinajstić information content (AvgIpc) is 2.48. The molecule has 106 valence electrons. The average molecular weight is 294 g/mol. The van der Waals surface area contributed by atoms with Crippen molar-refractivity contribution in [3.63, 3.8) is 0 Å². The molecule has 0 bridgehead atoms. The first-order chi connectivity index (χ1) is 9.65. The molecule has 0 aliphatic heterocycles. The zero-order valence-electron chi connectivity index (χ0n) is 11.1. The van der Waals surface area contributed by atoms with Crippen molar-refractivity contribution in [1.82, 2.24) is 0 Å². The van der Waals surface area contributed by atoms with Crippen LogP contribution in [0.4, 0.5) is 5.69 Å². The minimum Gasteiger partial charge on any atom is -0.506 e. The SMILES string of the molecule is COc1ccc(NCc2cccc(Cl)c2O)cc1CO. The zero-order chi connectivity index (χ0) is 14.5. The number of benzene rings is 2. The Morgan fingerprint density at radius 2 is 2.00 bits per heavy atom. The van der Waals surface area contributed by atoms with Gasteiger partial charge in [-0.25, -0.2) is 0 Å². The summed E-state index contributed by atoms with van der Waals surface area (Å²) in [6.07, 6.45) is 0. The number of aromatic hydroxyl groups is 1. The second-order valence-corrected chi connectivity index (χ2v) is 4.69. The summed E-state index contributed by atoms with van der Waals surface area (Å²) < 4.78 is 5.14. The number of anilines is 1. The van der Waals surface area contributed by atoms with Gasteiger partial charge in [-0.15, -0.1) is 0 Å². The predicted molar refractivity (Wildman–Crippen MR) is 79.4 cm³/mol. The molecule has 0 spiro atoms. The minimum atomic E-state index is -0.0961. The predicted octanol–water partition coefficient (Wildman–Crippen LogP) is 3.16. The number of aliphatic hydroxyl groups is 1. The zero-order valence-corrected chi connectivity index (χ0v) is 11.8. The molecule has 4 nitrogen and oxygen atoms in total. The van der Waals surface area contributed by atoms with Gasteiger partial charge in [-0.3, -0.25) is 0 Å². The van der Waals surface area contributed by atoms with Crippen LogP contribution in [0.2, 0.25) is 5.02 Å². The molecule has 0 aliphatic carbocycles. The molecule has 5 heteroatoms. The highest BCUT2D eigenvalue weighted by Gasteiger charge is 2.06. The molecule has 0 aromatic heterocycles. The molecule has 0 fully saturated rings. The van der Waals surface area contributed by atoms with Crippen molar-refractivity contribution in [3.8, 4) is 11.5 Å². The van der Waals surface area contributed by atoms with Crippen molar-refractivity contribution in [2.45, 2.75) is 13.2 Å². The van der Waals surface area contributed by atoms with E-state index in [0.717, 1.165) is 5.69 Å². The van der Waals surface area contributed by atoms with Gasteiger partial charge >= 0.3 is 0 Å². The van der Waals surface area contributed by atoms with E-state index >= 15 is 0 Å². The number of phenolic OH excluding ortho intramolecular Hbond substituents is 1. The quantitative estimate of drug-likeness (QED) is 0.792. The third kappa shape index (κ3) is 3.15. The van der Waals surface area contributed by atoms with Crippen molar-refractivity contribution in [1.29, 1.82) is 0 Å². The number of aliphatic hydroxyl groups excluding tert-OH is 1. The number of nitrogens with one attached hydrogen (secondary N) is 1. The maximum absolute atomic E-state index is 9.83. The Morgan fingerprint density at radius 1 is 1.20 bits per heavy atom. The highest BCUT2D eigenvalue weighted by Crippen LogP contribution is 2.28. The van der Waals surface area contributed by atoms with E-state index in [1.54, 1.807) is 37.4 Å². The molecule has 2 aromatic carbocycles. The largest absolute Gasteiger partial charge is 0.506 e. The van der Waals surface area contributed by atoms with Crippen LogP contribution in [0.3, 0.4) is 0 Å². The van der Waals surface area contributed by atoms with E-state index in [4.69, 9.17) is 16.3 Å². The summed E-state index contributed by atoms with van der Waals surface area (Å²) in [6.45, 7) is 0.338. The van der Waals surface area contributed by atoms with Crippen LogP contribution in [-0.4, -0.2) is 17.3 Å². The molecule has 2 rings (SSSR count). The summed E-state index contributed by atoms with van der Waals surface area (Å²) >= 11 is 5.86. The first-order valence-corrected chi connectivity index (χ1v) is 6.51. The van der Waals surface area contributed by atoms with E-state index in [2.05, 4.69) is 5.32 Å². The summed E-state index contributed by atoms with van der Waals surface area (Å²) in [5.74, 6) is 0.723. The van der Waals surface area contributed by atoms with Crippen LogP contribution in [-0.2, 0) is 13.2 Å². The number of phenols is 1. The highest BCUT2D eigenvalue weighted by atomic mass is 35.5. The Balaban J connectivity index is 2.13. The second-order valence-electron chi connectivity index (χ2n) is 4.29. The van der Waals surface area contributed by atoms with Crippen molar-refractivity contribution >= 4 is 17.3 Å². The van der Waals surface area contributed by atoms with Crippen molar-refractivity contribution in [2.75, 3.05) is 12.4 Å². The number of methoxy groups -OCH3 is 1. The standard InChI is InChI=1S/C15H16ClNO3/c1-20-14-6-5-12(7-11(14)9-18)17-8-10-3-2-4-13(16)15(10)19/h2-7,17-19H,8-9H2,1H3. The highest BCUT2D eigenvalue weighted by molar-refractivity contribution is 6.32. The van der Waals surface area contributed by atoms with Gasteiger partial charge in [-0.1, -0.05) is 23.7 Å². The molecule has 0 aliphatic rings. The fraction of sp³-hybridized carbons (Fsp3) is 0.200. The van der Waals surface area contributed by atoms with Crippen LogP contribution in [0.15, 0.2) is 36.4 Å². The monoisotopic (exact) mass is 293 g/mol. The summed E-state index contributed by atoms with van der Waals surface area (Å²) in [5.41, 5.74) is 2.24. The van der Waals surface area contributed by atoms with E-state index in [1.165, 1.54) is 0 Å². The molecular formula is C15H16ClNO3. The molecule has 0 heterocycles. The number of ether oxygens (including phenoxy) is 1. The molecule has 0 unspecified atom stereocenters. The number of para-hydroxylation sites is 1. The van der Waals surface area contributed by atoms with E-state index in [1.807, 2.05) is 6.07 Å². The topological polar surface area (TPSA) is 61.7 Å². The second kappa shape index (κ2) is 6.50. The van der Waals surface area contributed by atoms with E-state index in [0.29, 0.717) is 28.4 Å². The molecule has 20 heavy (non-hydrogen) atoms. The lowest BCUT2D eigenvalue weighted by atomic mass is 10.1. The number of halogens is 1. The van der Waals surface area contributed by atoms with Gasteiger partial charge in [0.25, 0.3) is 0 Å². The molecule has 0 atom stereocenters. The van der Waals surface area contributed by atoms with Gasteiger partial charge in [0.1, 0.15) is 11.5 Å². The lowest BCUT2D eigenvalue weighted by Crippen LogP contribution is -2.01. The normalized spacial score (nSPS) is 10.3. The molecule has 2 aromatic rings. The molecular weight excluding hydrogens is 278 g/mol. The fourth-order valence-corrected chi connectivity index (χ4v) is 2.11. The van der Waals surface area contributed by atoms with Gasteiger partial charge in [0.15, 0.2) is 0 Å². The van der Waals surface area contributed by atoms with Crippen LogP contribution in [0.5, 0.6) is 11.5 Å². The number of rotatable bonds is 5. The molecule has 0 saturated heterocycles. The Bertz CT molecular complexity index is 602. The van der Waals surface area contributed by atoms with Gasteiger partial charge in [-0.2, -0.15) is 0 Å². The van der Waals surface area contributed by atoms with Gasteiger partial charge in [-0.05, 0) is 24.3 Å². The van der Waals surface area contributed by atoms with Gasteiger partial charge in [0.2, 0.25) is 0 Å². The van der Waals surface area contributed by atoms with Crippen molar-refractivity contribution in [2.24, 2.45) is 0 Å². The molecule has 0 amide bonds. The van der Waals surface area contributed by atoms with E-state index in [-0.39, 0.29) is 12.4 Å². The van der Waals surface area contributed by atoms with Crippen molar-refractivity contribution in [3.05, 3.63) is 52.5 Å². The van der Waals surface area contributed by atoms with E-state index < -0.39 is 0 Å². The molecule has 0 saturated carbocycles. The smallest absolute Gasteiger partial charge is 0.139 e. The first-order valence-electron chi connectivity index (χ1n) is 6.13. The van der Waals surface area contributed by atoms with E-state index in [9.17, 15) is 10.2 Å². The van der Waals surface area contributed by atoms with Crippen LogP contribution < -0.4 is 10.1 Å². The Morgan fingerprint density at radius 3 is 2.70 bits per heavy atom. The maximum Gasteiger partial charge on any atom is 0.139 e. The summed E-state index contributed by atoms with van der Waals surface area (Å²) in [4.78, 5) is 0.